The molecule has 0 amide bonds. The number of anilines is 1. The van der Waals surface area contributed by atoms with Crippen molar-refractivity contribution in [1.82, 2.24) is 4.72 Å². The van der Waals surface area contributed by atoms with E-state index < -0.39 is 15.6 Å². The maximum absolute atomic E-state index is 11.9. The van der Waals surface area contributed by atoms with Crippen LogP contribution in [0, 0.1) is 0 Å². The van der Waals surface area contributed by atoms with Gasteiger partial charge >= 0.3 is 0 Å². The summed E-state index contributed by atoms with van der Waals surface area (Å²) in [5, 5.41) is 0. The largest absolute Gasteiger partial charge is 0.492 e. The minimum Gasteiger partial charge on any atom is -0.492 e. The molecule has 0 aliphatic heterocycles. The molecule has 1 rings (SSSR count). The van der Waals surface area contributed by atoms with Gasteiger partial charge in [-0.25, -0.2) is 13.1 Å². The topological polar surface area (TPSA) is 90.6 Å². The minimum atomic E-state index is -3.40. The third-order valence-electron chi connectivity index (χ3n) is 2.73. The molecule has 1 aromatic carbocycles. The number of sulfonamides is 1. The number of hydrogen-bond donors (Lipinski definition) is 2. The molecule has 0 fully saturated rings. The molecule has 21 heavy (non-hydrogen) atoms. The van der Waals surface area contributed by atoms with Crippen LogP contribution in [-0.4, -0.2) is 39.5 Å². The van der Waals surface area contributed by atoms with E-state index >= 15 is 0 Å². The maximum Gasteiger partial charge on any atom is 0.215 e. The van der Waals surface area contributed by atoms with Crippen LogP contribution < -0.4 is 15.2 Å². The number of benzene rings is 1. The molecule has 0 bridgehead atoms. The summed E-state index contributed by atoms with van der Waals surface area (Å²) < 4.78 is 37.1. The fraction of sp³-hybridized carbons (Fsp3) is 0.571. The molecular formula is C14H24N2O4S. The first-order valence-electron chi connectivity index (χ1n) is 6.84. The Hall–Kier alpha value is -1.31. The molecule has 0 atom stereocenters. The Morgan fingerprint density at radius 1 is 1.33 bits per heavy atom. The third-order valence-corrected chi connectivity index (χ3v) is 4.02. The van der Waals surface area contributed by atoms with Gasteiger partial charge in [0.15, 0.2) is 0 Å². The number of ether oxygens (including phenoxy) is 2. The molecular weight excluding hydrogens is 292 g/mol. The van der Waals surface area contributed by atoms with Gasteiger partial charge in [0.05, 0.1) is 11.4 Å². The van der Waals surface area contributed by atoms with Crippen LogP contribution in [0.1, 0.15) is 20.8 Å². The zero-order chi connectivity index (χ0) is 15.9. The summed E-state index contributed by atoms with van der Waals surface area (Å²) >= 11 is 0. The Bertz CT molecular complexity index is 544. The first-order chi connectivity index (χ1) is 9.74. The monoisotopic (exact) mass is 316 g/mol. The predicted molar refractivity (Wildman–Crippen MR) is 83.8 cm³/mol. The Morgan fingerprint density at radius 3 is 2.67 bits per heavy atom. The van der Waals surface area contributed by atoms with E-state index in [4.69, 9.17) is 15.2 Å². The summed E-state index contributed by atoms with van der Waals surface area (Å²) in [5.41, 5.74) is 5.66. The lowest BCUT2D eigenvalue weighted by Gasteiger charge is -2.24. The smallest absolute Gasteiger partial charge is 0.215 e. The molecule has 0 saturated carbocycles. The standard InChI is InChI=1S/C14H24N2O4S/c1-4-20-14(2,3)11-16-21(17,18)9-8-19-13-7-5-6-12(15)10-13/h5-7,10,16H,4,8-9,11,15H2,1-3H3. The minimum absolute atomic E-state index is 0.0633. The van der Waals surface area contributed by atoms with Crippen molar-refractivity contribution in [3.63, 3.8) is 0 Å². The van der Waals surface area contributed by atoms with E-state index in [1.54, 1.807) is 24.3 Å². The van der Waals surface area contributed by atoms with Crippen molar-refractivity contribution < 1.29 is 17.9 Å². The lowest BCUT2D eigenvalue weighted by molar-refractivity contribution is -0.00516. The fourth-order valence-electron chi connectivity index (χ4n) is 1.67. The number of nitrogens with one attached hydrogen (secondary N) is 1. The van der Waals surface area contributed by atoms with Crippen molar-refractivity contribution in [3.8, 4) is 5.75 Å². The van der Waals surface area contributed by atoms with Gasteiger partial charge in [-0.15, -0.1) is 0 Å². The summed E-state index contributed by atoms with van der Waals surface area (Å²) in [7, 11) is -3.40. The molecule has 0 radical (unpaired) electrons. The van der Waals surface area contributed by atoms with Crippen LogP contribution >= 0.6 is 0 Å². The van der Waals surface area contributed by atoms with Gasteiger partial charge in [-0.1, -0.05) is 6.07 Å². The summed E-state index contributed by atoms with van der Waals surface area (Å²) in [4.78, 5) is 0. The highest BCUT2D eigenvalue weighted by Gasteiger charge is 2.21. The van der Waals surface area contributed by atoms with E-state index in [1.165, 1.54) is 0 Å². The van der Waals surface area contributed by atoms with Gasteiger partial charge in [-0.05, 0) is 32.9 Å². The lowest BCUT2D eigenvalue weighted by atomic mass is 10.1. The van der Waals surface area contributed by atoms with Gasteiger partial charge in [0.25, 0.3) is 0 Å². The molecule has 0 aliphatic rings. The van der Waals surface area contributed by atoms with Crippen LogP contribution in [0.5, 0.6) is 5.75 Å². The molecule has 7 heteroatoms. The normalized spacial score (nSPS) is 12.3. The molecule has 0 aliphatic carbocycles. The average molecular weight is 316 g/mol. The quantitative estimate of drug-likeness (QED) is 0.672. The second-order valence-electron chi connectivity index (χ2n) is 5.25. The van der Waals surface area contributed by atoms with Gasteiger partial charge in [-0.3, -0.25) is 0 Å². The van der Waals surface area contributed by atoms with Crippen LogP contribution in [0.15, 0.2) is 24.3 Å². The van der Waals surface area contributed by atoms with Crippen molar-refractivity contribution in [2.24, 2.45) is 0 Å². The van der Waals surface area contributed by atoms with E-state index in [0.717, 1.165) is 0 Å². The SMILES string of the molecule is CCOC(C)(C)CNS(=O)(=O)CCOc1cccc(N)c1. The Labute approximate surface area is 126 Å². The second-order valence-corrected chi connectivity index (χ2v) is 7.18. The number of nitrogen functional groups attached to an aromatic ring is 1. The highest BCUT2D eigenvalue weighted by molar-refractivity contribution is 7.89. The summed E-state index contributed by atoms with van der Waals surface area (Å²) in [6.07, 6.45) is 0. The van der Waals surface area contributed by atoms with E-state index in [0.29, 0.717) is 18.0 Å². The van der Waals surface area contributed by atoms with Gasteiger partial charge in [-0.2, -0.15) is 0 Å². The first-order valence-corrected chi connectivity index (χ1v) is 8.49. The molecule has 0 unspecified atom stereocenters. The number of rotatable bonds is 9. The van der Waals surface area contributed by atoms with E-state index in [2.05, 4.69) is 4.72 Å². The Balaban J connectivity index is 2.39. The Morgan fingerprint density at radius 2 is 2.05 bits per heavy atom. The molecule has 0 saturated heterocycles. The molecule has 0 heterocycles. The zero-order valence-corrected chi connectivity index (χ0v) is 13.6. The lowest BCUT2D eigenvalue weighted by Crippen LogP contribution is -2.41. The van der Waals surface area contributed by atoms with Crippen LogP contribution in [-0.2, 0) is 14.8 Å². The van der Waals surface area contributed by atoms with Crippen molar-refractivity contribution in [3.05, 3.63) is 24.3 Å². The van der Waals surface area contributed by atoms with Crippen molar-refractivity contribution >= 4 is 15.7 Å². The fourth-order valence-corrected chi connectivity index (χ4v) is 2.69. The van der Waals surface area contributed by atoms with Gasteiger partial charge < -0.3 is 15.2 Å². The summed E-state index contributed by atoms with van der Waals surface area (Å²) in [6, 6.07) is 6.87. The average Bonchev–Trinajstić information content (AvgIpc) is 2.37. The number of hydrogen-bond acceptors (Lipinski definition) is 5. The summed E-state index contributed by atoms with van der Waals surface area (Å²) in [5.74, 6) is 0.434. The van der Waals surface area contributed by atoms with Crippen LogP contribution in [0.3, 0.4) is 0 Å². The van der Waals surface area contributed by atoms with E-state index in [1.807, 2.05) is 20.8 Å². The highest BCUT2D eigenvalue weighted by Crippen LogP contribution is 2.14. The molecule has 0 spiro atoms. The van der Waals surface area contributed by atoms with E-state index in [-0.39, 0.29) is 18.9 Å². The van der Waals surface area contributed by atoms with Crippen molar-refractivity contribution in [2.45, 2.75) is 26.4 Å². The molecule has 1 aromatic rings. The first kappa shape index (κ1) is 17.7. The molecule has 120 valence electrons. The third kappa shape index (κ3) is 7.31. The van der Waals surface area contributed by atoms with Crippen molar-refractivity contribution in [2.75, 3.05) is 31.2 Å². The maximum atomic E-state index is 11.9. The van der Waals surface area contributed by atoms with Crippen molar-refractivity contribution in [1.29, 1.82) is 0 Å². The predicted octanol–water partition coefficient (Wildman–Crippen LogP) is 1.38. The van der Waals surface area contributed by atoms with Gasteiger partial charge in [0.2, 0.25) is 10.0 Å². The van der Waals surface area contributed by atoms with Crippen LogP contribution in [0.2, 0.25) is 0 Å². The number of nitrogens with two attached hydrogens (primary N) is 1. The molecule has 3 N–H and O–H groups in total. The van der Waals surface area contributed by atoms with Gasteiger partial charge in [0, 0.05) is 24.9 Å². The second kappa shape index (κ2) is 7.63. The zero-order valence-electron chi connectivity index (χ0n) is 12.8. The summed E-state index contributed by atoms with van der Waals surface area (Å²) in [6.45, 7) is 6.36. The molecule has 6 nitrogen and oxygen atoms in total. The Kier molecular flexibility index (Phi) is 6.44. The van der Waals surface area contributed by atoms with Crippen LogP contribution in [0.25, 0.3) is 0 Å². The highest BCUT2D eigenvalue weighted by atomic mass is 32.2. The van der Waals surface area contributed by atoms with Gasteiger partial charge in [0.1, 0.15) is 12.4 Å². The molecule has 0 aromatic heterocycles. The van der Waals surface area contributed by atoms with E-state index in [9.17, 15) is 8.42 Å². The van der Waals surface area contributed by atoms with Crippen LogP contribution in [0.4, 0.5) is 5.69 Å².